The molecule has 2 aliphatic heterocycles. The van der Waals surface area contributed by atoms with Gasteiger partial charge in [0, 0.05) is 19.2 Å². The van der Waals surface area contributed by atoms with Gasteiger partial charge in [-0.15, -0.1) is 5.10 Å². The Hall–Kier alpha value is -3.35. The van der Waals surface area contributed by atoms with Crippen LogP contribution in [0.5, 0.6) is 0 Å². The number of morpholine rings is 1. The number of benzene rings is 1. The van der Waals surface area contributed by atoms with Crippen molar-refractivity contribution in [3.8, 4) is 5.82 Å². The van der Waals surface area contributed by atoms with Gasteiger partial charge in [0.1, 0.15) is 12.1 Å². The Labute approximate surface area is 190 Å². The van der Waals surface area contributed by atoms with Crippen LogP contribution in [0.2, 0.25) is 0 Å². The number of hydrazine groups is 1. The van der Waals surface area contributed by atoms with Crippen LogP contribution < -0.4 is 15.6 Å². The van der Waals surface area contributed by atoms with Crippen molar-refractivity contribution < 1.29 is 14.2 Å². The van der Waals surface area contributed by atoms with Crippen molar-refractivity contribution in [3.63, 3.8) is 0 Å². The molecule has 0 saturated carbocycles. The van der Waals surface area contributed by atoms with E-state index in [0.29, 0.717) is 24.1 Å². The molecule has 0 aliphatic carbocycles. The minimum atomic E-state index is -1.41. The molecule has 2 aliphatic rings. The molecule has 12 heteroatoms. The minimum Gasteiger partial charge on any atom is -0.394 e. The molecule has 2 fully saturated rings. The van der Waals surface area contributed by atoms with Gasteiger partial charge in [0.2, 0.25) is 12.3 Å². The van der Waals surface area contributed by atoms with Crippen LogP contribution in [-0.4, -0.2) is 80.1 Å². The molecule has 0 bridgehead atoms. The van der Waals surface area contributed by atoms with Gasteiger partial charge in [0.05, 0.1) is 31.5 Å². The van der Waals surface area contributed by atoms with E-state index in [1.165, 1.54) is 11.0 Å². The number of para-hydroxylation sites is 1. The molecule has 11 nitrogen and oxygen atoms in total. The average molecular weight is 455 g/mol. The third kappa shape index (κ3) is 4.32. The molecule has 0 spiro atoms. The van der Waals surface area contributed by atoms with E-state index in [4.69, 9.17) is 10.5 Å². The summed E-state index contributed by atoms with van der Waals surface area (Å²) in [5.41, 5.74) is 7.01. The fraction of sp³-hybridized carbons (Fsp3) is 0.429. The van der Waals surface area contributed by atoms with Gasteiger partial charge >= 0.3 is 0 Å². The number of halogens is 1. The molecule has 3 aromatic rings. The number of ether oxygens (including phenoxy) is 1. The van der Waals surface area contributed by atoms with Crippen molar-refractivity contribution in [3.05, 3.63) is 42.7 Å². The Morgan fingerprint density at radius 2 is 2.00 bits per heavy atom. The zero-order valence-electron chi connectivity index (χ0n) is 18.0. The van der Waals surface area contributed by atoms with E-state index < -0.39 is 6.36 Å². The van der Waals surface area contributed by atoms with Gasteiger partial charge in [-0.1, -0.05) is 18.2 Å². The molecule has 2 atom stereocenters. The molecule has 0 amide bonds. The first-order valence-electron chi connectivity index (χ1n) is 10.9. The number of hydrogen-bond donors (Lipinski definition) is 2. The Bertz CT molecular complexity index is 1080. The predicted molar refractivity (Wildman–Crippen MR) is 120 cm³/mol. The van der Waals surface area contributed by atoms with E-state index >= 15 is 0 Å². The summed E-state index contributed by atoms with van der Waals surface area (Å²) in [4.78, 5) is 15.2. The predicted octanol–water partition coefficient (Wildman–Crippen LogP) is 1.28. The largest absolute Gasteiger partial charge is 0.394 e. The third-order valence-electron chi connectivity index (χ3n) is 5.83. The van der Waals surface area contributed by atoms with Crippen LogP contribution in [0.25, 0.3) is 5.82 Å². The number of anilines is 4. The summed E-state index contributed by atoms with van der Waals surface area (Å²) in [5, 5.41) is 17.8. The number of hydrogen-bond acceptors (Lipinski definition) is 10. The maximum atomic E-state index is 14.0. The highest BCUT2D eigenvalue weighted by Crippen LogP contribution is 2.29. The van der Waals surface area contributed by atoms with Crippen LogP contribution in [-0.2, 0) is 4.74 Å². The fourth-order valence-corrected chi connectivity index (χ4v) is 4.26. The lowest BCUT2D eigenvalue weighted by Crippen LogP contribution is -2.49. The molecule has 0 radical (unpaired) electrons. The summed E-state index contributed by atoms with van der Waals surface area (Å²) >= 11 is 0. The van der Waals surface area contributed by atoms with Gasteiger partial charge in [0.25, 0.3) is 5.95 Å². The Kier molecular flexibility index (Phi) is 6.03. The third-order valence-corrected chi connectivity index (χ3v) is 5.83. The molecule has 174 valence electrons. The zero-order chi connectivity index (χ0) is 22.8. The van der Waals surface area contributed by atoms with Crippen LogP contribution in [0.3, 0.4) is 0 Å². The zero-order valence-corrected chi connectivity index (χ0v) is 18.0. The molecule has 2 aromatic heterocycles. The standard InChI is InChI=1S/C21H26FN9O2/c22-17-12-28(9-10-33-17)31(15-5-2-1-3-6-15)21-26-20(23)30(27-21)19-11-18(24-14-25-19)29-8-4-7-16(29)13-32/h1-3,5-6,11,14,16-17,32H,4,7-10,12-13H2,(H2,23,26,27). The van der Waals surface area contributed by atoms with Gasteiger partial charge in [-0.05, 0) is 25.0 Å². The SMILES string of the molecule is Nc1nc(N(c2ccccc2)N2CCOC(F)C2)nn1-c1cc(N2CCCC2CO)ncn1. The maximum absolute atomic E-state index is 14.0. The number of nitrogen functional groups attached to an aromatic ring is 1. The molecule has 2 saturated heterocycles. The lowest BCUT2D eigenvalue weighted by molar-refractivity contribution is -0.0983. The highest BCUT2D eigenvalue weighted by molar-refractivity contribution is 5.57. The van der Waals surface area contributed by atoms with Crippen LogP contribution in [0.4, 0.5) is 27.8 Å². The highest BCUT2D eigenvalue weighted by atomic mass is 19.1. The van der Waals surface area contributed by atoms with Crippen molar-refractivity contribution in [1.82, 2.24) is 29.7 Å². The van der Waals surface area contributed by atoms with Gasteiger partial charge < -0.3 is 20.5 Å². The second-order valence-corrected chi connectivity index (χ2v) is 7.93. The van der Waals surface area contributed by atoms with E-state index in [1.54, 1.807) is 16.1 Å². The lowest BCUT2D eigenvalue weighted by atomic mass is 10.2. The topological polar surface area (TPSA) is 122 Å². The first-order valence-corrected chi connectivity index (χ1v) is 10.9. The fourth-order valence-electron chi connectivity index (χ4n) is 4.26. The van der Waals surface area contributed by atoms with Gasteiger partial charge in [0.15, 0.2) is 5.82 Å². The number of rotatable bonds is 6. The Morgan fingerprint density at radius 3 is 2.79 bits per heavy atom. The average Bonchev–Trinajstić information content (AvgIpc) is 3.47. The maximum Gasteiger partial charge on any atom is 0.266 e. The van der Waals surface area contributed by atoms with Crippen LogP contribution in [0.15, 0.2) is 42.7 Å². The Balaban J connectivity index is 1.50. The highest BCUT2D eigenvalue weighted by Gasteiger charge is 2.30. The number of aliphatic hydroxyl groups excluding tert-OH is 1. The molecule has 4 heterocycles. The lowest BCUT2D eigenvalue weighted by Gasteiger charge is -2.37. The van der Waals surface area contributed by atoms with Crippen molar-refractivity contribution in [2.45, 2.75) is 25.2 Å². The number of nitrogens with zero attached hydrogens (tertiary/aromatic N) is 8. The van der Waals surface area contributed by atoms with Crippen molar-refractivity contribution >= 4 is 23.4 Å². The van der Waals surface area contributed by atoms with Crippen molar-refractivity contribution in [2.75, 3.05) is 48.5 Å². The molecular formula is C21H26FN9O2. The monoisotopic (exact) mass is 455 g/mol. The van der Waals surface area contributed by atoms with Crippen molar-refractivity contribution in [1.29, 1.82) is 0 Å². The second kappa shape index (κ2) is 9.25. The molecule has 33 heavy (non-hydrogen) atoms. The molecule has 2 unspecified atom stereocenters. The summed E-state index contributed by atoms with van der Waals surface area (Å²) < 4.78 is 20.5. The second-order valence-electron chi connectivity index (χ2n) is 7.93. The number of alkyl halides is 1. The summed E-state index contributed by atoms with van der Waals surface area (Å²) in [5.74, 6) is 1.59. The van der Waals surface area contributed by atoms with Gasteiger partial charge in [-0.3, -0.25) is 0 Å². The number of nitrogens with two attached hydrogens (primary N) is 1. The van der Waals surface area contributed by atoms with E-state index in [1.807, 2.05) is 30.3 Å². The van der Waals surface area contributed by atoms with Crippen LogP contribution in [0.1, 0.15) is 12.8 Å². The summed E-state index contributed by atoms with van der Waals surface area (Å²) in [6.45, 7) is 1.63. The van der Waals surface area contributed by atoms with Gasteiger partial charge in [-0.25, -0.2) is 24.4 Å². The van der Waals surface area contributed by atoms with E-state index in [0.717, 1.165) is 25.1 Å². The summed E-state index contributed by atoms with van der Waals surface area (Å²) in [6, 6.07) is 11.3. The van der Waals surface area contributed by atoms with Gasteiger partial charge in [-0.2, -0.15) is 9.67 Å². The summed E-state index contributed by atoms with van der Waals surface area (Å²) in [6.07, 6.45) is 1.94. The van der Waals surface area contributed by atoms with Crippen molar-refractivity contribution in [2.24, 2.45) is 0 Å². The number of aliphatic hydroxyl groups is 1. The number of aromatic nitrogens is 5. The van der Waals surface area contributed by atoms with E-state index in [2.05, 4.69) is 25.0 Å². The first-order chi connectivity index (χ1) is 16.1. The smallest absolute Gasteiger partial charge is 0.266 e. The quantitative estimate of drug-likeness (QED) is 0.562. The van der Waals surface area contributed by atoms with Crippen LogP contribution in [0, 0.1) is 0 Å². The van der Waals surface area contributed by atoms with E-state index in [9.17, 15) is 9.50 Å². The Morgan fingerprint density at radius 1 is 1.18 bits per heavy atom. The molecule has 5 rings (SSSR count). The molecular weight excluding hydrogens is 429 g/mol. The van der Waals surface area contributed by atoms with Crippen LogP contribution >= 0.6 is 0 Å². The summed E-state index contributed by atoms with van der Waals surface area (Å²) in [7, 11) is 0. The van der Waals surface area contributed by atoms with E-state index in [-0.39, 0.29) is 31.7 Å². The minimum absolute atomic E-state index is 0.0277. The first kappa shape index (κ1) is 21.5. The molecule has 1 aromatic carbocycles. The molecule has 3 N–H and O–H groups in total. The normalized spacial score (nSPS) is 21.5.